The van der Waals surface area contributed by atoms with Crippen LogP contribution in [0.4, 0.5) is 0 Å². The molecule has 2 unspecified atom stereocenters. The molecule has 0 saturated carbocycles. The van der Waals surface area contributed by atoms with Crippen LogP contribution in [0.15, 0.2) is 11.8 Å². The van der Waals surface area contributed by atoms with Gasteiger partial charge in [-0.25, -0.2) is 4.21 Å². The molecule has 0 amide bonds. The minimum Gasteiger partial charge on any atom is -0.740 e. The Balaban J connectivity index is 2.63. The smallest absolute Gasteiger partial charge is 0.159 e. The maximum atomic E-state index is 10.9. The van der Waals surface area contributed by atoms with Crippen molar-refractivity contribution >= 4 is 17.1 Å². The molecule has 0 fully saturated rings. The van der Waals surface area contributed by atoms with Gasteiger partial charge in [0, 0.05) is 18.9 Å². The molecular formula is C7H9O4S-. The molecule has 0 aliphatic heterocycles. The van der Waals surface area contributed by atoms with Gasteiger partial charge in [0.25, 0.3) is 0 Å². The van der Waals surface area contributed by atoms with Crippen molar-refractivity contribution in [2.24, 2.45) is 5.92 Å². The van der Waals surface area contributed by atoms with E-state index in [2.05, 4.69) is 4.18 Å². The summed E-state index contributed by atoms with van der Waals surface area (Å²) in [5.41, 5.74) is 0. The molecule has 12 heavy (non-hydrogen) atoms. The number of ketones is 1. The molecule has 0 spiro atoms. The van der Waals surface area contributed by atoms with Crippen LogP contribution in [0, 0.1) is 5.92 Å². The van der Waals surface area contributed by atoms with Crippen molar-refractivity contribution in [2.45, 2.75) is 19.8 Å². The van der Waals surface area contributed by atoms with Crippen LogP contribution in [0.2, 0.25) is 0 Å². The highest BCUT2D eigenvalue weighted by atomic mass is 32.2. The minimum absolute atomic E-state index is 0.0748. The zero-order valence-electron chi connectivity index (χ0n) is 6.61. The lowest BCUT2D eigenvalue weighted by Gasteiger charge is -2.18. The van der Waals surface area contributed by atoms with Crippen molar-refractivity contribution in [3.63, 3.8) is 0 Å². The maximum absolute atomic E-state index is 10.9. The predicted molar refractivity (Wildman–Crippen MR) is 41.5 cm³/mol. The van der Waals surface area contributed by atoms with E-state index in [-0.39, 0.29) is 17.5 Å². The Kier molecular flexibility index (Phi) is 2.99. The van der Waals surface area contributed by atoms with E-state index in [9.17, 15) is 13.6 Å². The molecule has 0 N–H and O–H groups in total. The van der Waals surface area contributed by atoms with Crippen molar-refractivity contribution in [2.75, 3.05) is 0 Å². The first-order chi connectivity index (χ1) is 5.58. The van der Waals surface area contributed by atoms with Crippen LogP contribution in [0.1, 0.15) is 19.8 Å². The zero-order valence-corrected chi connectivity index (χ0v) is 7.43. The average Bonchev–Trinajstić information content (AvgIpc) is 1.81. The van der Waals surface area contributed by atoms with E-state index < -0.39 is 11.4 Å². The van der Waals surface area contributed by atoms with Crippen molar-refractivity contribution in [3.05, 3.63) is 11.8 Å². The lowest BCUT2D eigenvalue weighted by Crippen LogP contribution is -2.13. The fourth-order valence-electron chi connectivity index (χ4n) is 1.20. The Morgan fingerprint density at radius 2 is 2.33 bits per heavy atom. The molecule has 1 aliphatic rings. The quantitative estimate of drug-likeness (QED) is 0.599. The molecule has 0 radical (unpaired) electrons. The van der Waals surface area contributed by atoms with E-state index in [1.807, 2.05) is 6.92 Å². The van der Waals surface area contributed by atoms with E-state index in [1.54, 1.807) is 0 Å². The SMILES string of the molecule is CC1CC(=O)C=C(OS(=O)[O-])C1. The molecule has 4 nitrogen and oxygen atoms in total. The summed E-state index contributed by atoms with van der Waals surface area (Å²) in [6.07, 6.45) is 2.23. The van der Waals surface area contributed by atoms with Gasteiger partial charge in [0.1, 0.15) is 17.1 Å². The first kappa shape index (κ1) is 9.41. The number of hydrogen-bond donors (Lipinski definition) is 0. The maximum Gasteiger partial charge on any atom is 0.159 e. The van der Waals surface area contributed by atoms with Crippen LogP contribution in [-0.4, -0.2) is 14.5 Å². The third-order valence-corrected chi connectivity index (χ3v) is 1.95. The number of rotatable bonds is 2. The summed E-state index contributed by atoms with van der Waals surface area (Å²) in [7, 11) is 0. The normalized spacial score (nSPS) is 26.3. The van der Waals surface area contributed by atoms with Crippen LogP contribution in [0.25, 0.3) is 0 Å². The molecule has 0 saturated heterocycles. The lowest BCUT2D eigenvalue weighted by molar-refractivity contribution is -0.116. The molecule has 0 bridgehead atoms. The number of allylic oxidation sites excluding steroid dienone is 2. The third-order valence-electron chi connectivity index (χ3n) is 1.60. The average molecular weight is 189 g/mol. The van der Waals surface area contributed by atoms with E-state index in [1.165, 1.54) is 6.08 Å². The number of carbonyl (C=O) groups excluding carboxylic acids is 1. The molecule has 0 aromatic heterocycles. The second-order valence-corrected chi connectivity index (χ2v) is 3.45. The summed E-state index contributed by atoms with van der Waals surface area (Å²) in [5.74, 6) is 0.335. The molecular weight excluding hydrogens is 180 g/mol. The van der Waals surface area contributed by atoms with Gasteiger partial charge in [0.15, 0.2) is 5.78 Å². The molecule has 5 heteroatoms. The van der Waals surface area contributed by atoms with Gasteiger partial charge in [-0.1, -0.05) is 6.92 Å². The predicted octanol–water partition coefficient (Wildman–Crippen LogP) is 0.680. The fourth-order valence-corrected chi connectivity index (χ4v) is 1.49. The molecule has 0 aromatic rings. The highest BCUT2D eigenvalue weighted by Crippen LogP contribution is 2.22. The molecule has 0 heterocycles. The van der Waals surface area contributed by atoms with Crippen LogP contribution in [0.5, 0.6) is 0 Å². The third kappa shape index (κ3) is 2.75. The highest BCUT2D eigenvalue weighted by Gasteiger charge is 2.17. The monoisotopic (exact) mass is 189 g/mol. The zero-order chi connectivity index (χ0) is 9.14. The van der Waals surface area contributed by atoms with Gasteiger partial charge in [-0.2, -0.15) is 0 Å². The largest absolute Gasteiger partial charge is 0.740 e. The van der Waals surface area contributed by atoms with Crippen LogP contribution < -0.4 is 0 Å². The van der Waals surface area contributed by atoms with Gasteiger partial charge in [0.2, 0.25) is 0 Å². The second kappa shape index (κ2) is 3.82. The fraction of sp³-hybridized carbons (Fsp3) is 0.571. The standard InChI is InChI=1S/C7H10O4S/c1-5-2-6(8)4-7(3-5)11-12(9)10/h4-5H,2-3H2,1H3,(H,9,10)/p-1. The summed E-state index contributed by atoms with van der Waals surface area (Å²) in [6.45, 7) is 1.88. The molecule has 2 atom stereocenters. The first-order valence-corrected chi connectivity index (χ1v) is 4.59. The molecule has 1 rings (SSSR count). The Morgan fingerprint density at radius 3 is 2.83 bits per heavy atom. The number of hydrogen-bond acceptors (Lipinski definition) is 4. The van der Waals surface area contributed by atoms with Crippen LogP contribution in [-0.2, 0) is 20.3 Å². The van der Waals surface area contributed by atoms with Crippen molar-refractivity contribution in [3.8, 4) is 0 Å². The number of carbonyl (C=O) groups is 1. The Hall–Kier alpha value is -0.680. The molecule has 68 valence electrons. The van der Waals surface area contributed by atoms with Crippen molar-refractivity contribution in [1.29, 1.82) is 0 Å². The van der Waals surface area contributed by atoms with E-state index in [0.717, 1.165) is 0 Å². The van der Waals surface area contributed by atoms with Crippen molar-refractivity contribution in [1.82, 2.24) is 0 Å². The summed E-state index contributed by atoms with van der Waals surface area (Å²) >= 11 is -2.56. The first-order valence-electron chi connectivity index (χ1n) is 3.59. The topological polar surface area (TPSA) is 66.4 Å². The highest BCUT2D eigenvalue weighted by molar-refractivity contribution is 7.74. The van der Waals surface area contributed by atoms with Crippen LogP contribution >= 0.6 is 0 Å². The molecule has 1 aliphatic carbocycles. The van der Waals surface area contributed by atoms with Gasteiger partial charge < -0.3 is 8.74 Å². The van der Waals surface area contributed by atoms with Gasteiger partial charge >= 0.3 is 0 Å². The summed E-state index contributed by atoms with van der Waals surface area (Å²) in [5, 5.41) is 0. The van der Waals surface area contributed by atoms with E-state index >= 15 is 0 Å². The Bertz CT molecular complexity index is 246. The molecule has 0 aromatic carbocycles. The van der Waals surface area contributed by atoms with Gasteiger partial charge in [-0.3, -0.25) is 4.79 Å². The lowest BCUT2D eigenvalue weighted by atomic mass is 9.94. The van der Waals surface area contributed by atoms with Gasteiger partial charge in [-0.05, 0) is 5.92 Å². The van der Waals surface area contributed by atoms with Gasteiger partial charge in [0.05, 0.1) is 0 Å². The minimum atomic E-state index is -2.56. The van der Waals surface area contributed by atoms with Gasteiger partial charge in [-0.15, -0.1) is 0 Å². The van der Waals surface area contributed by atoms with Crippen molar-refractivity contribution < 1.29 is 17.7 Å². The van der Waals surface area contributed by atoms with E-state index in [4.69, 9.17) is 0 Å². The Morgan fingerprint density at radius 1 is 1.67 bits per heavy atom. The van der Waals surface area contributed by atoms with Crippen LogP contribution in [0.3, 0.4) is 0 Å². The van der Waals surface area contributed by atoms with E-state index in [0.29, 0.717) is 12.8 Å². The Labute approximate surface area is 73.1 Å². The second-order valence-electron chi connectivity index (χ2n) is 2.88. The summed E-state index contributed by atoms with van der Waals surface area (Å²) < 4.78 is 24.6. The summed E-state index contributed by atoms with van der Waals surface area (Å²) in [6, 6.07) is 0. The summed E-state index contributed by atoms with van der Waals surface area (Å²) in [4.78, 5) is 10.9.